The molecule has 0 spiro atoms. The summed E-state index contributed by atoms with van der Waals surface area (Å²) in [6.07, 6.45) is 1.88. The number of amides is 1. The number of hydrogen-bond acceptors (Lipinski definition) is 6. The van der Waals surface area contributed by atoms with Crippen LogP contribution in [0.2, 0.25) is 0 Å². The van der Waals surface area contributed by atoms with Crippen LogP contribution in [0.3, 0.4) is 0 Å². The molecular weight excluding hydrogens is 479 g/mol. The normalized spacial score (nSPS) is 13.2. The van der Waals surface area contributed by atoms with Crippen molar-refractivity contribution >= 4 is 53.8 Å². The summed E-state index contributed by atoms with van der Waals surface area (Å²) in [6, 6.07) is 12.2. The van der Waals surface area contributed by atoms with Crippen LogP contribution in [0.15, 0.2) is 42.5 Å². The molecule has 0 bridgehead atoms. The summed E-state index contributed by atoms with van der Waals surface area (Å²) < 4.78 is 6.03. The molecule has 3 rings (SSSR count). The summed E-state index contributed by atoms with van der Waals surface area (Å²) in [5.41, 5.74) is 7.85. The molecule has 2 aromatic carbocycles. The molecule has 0 aliphatic carbocycles. The van der Waals surface area contributed by atoms with Crippen LogP contribution in [0, 0.1) is 10.8 Å². The highest BCUT2D eigenvalue weighted by atomic mass is 35.5. The summed E-state index contributed by atoms with van der Waals surface area (Å²) in [4.78, 5) is 14.4. The molecule has 186 valence electrons. The summed E-state index contributed by atoms with van der Waals surface area (Å²) in [5, 5.41) is 30.5. The molecular formula is C23H32Cl2N6O3. The maximum absolute atomic E-state index is 12.3. The summed E-state index contributed by atoms with van der Waals surface area (Å²) in [6.45, 7) is 3.27. The number of carbonyl (C=O) groups excluding carboxylic acids is 1. The Bertz CT molecular complexity index is 979. The van der Waals surface area contributed by atoms with Crippen molar-refractivity contribution < 1.29 is 14.6 Å². The lowest BCUT2D eigenvalue weighted by Crippen LogP contribution is -2.40. The first-order chi connectivity index (χ1) is 15.4. The van der Waals surface area contributed by atoms with Gasteiger partial charge in [-0.05, 0) is 37.3 Å². The molecule has 0 atom stereocenters. The highest BCUT2D eigenvalue weighted by Crippen LogP contribution is 2.22. The number of nitrogens with zero attached hydrogens (tertiary/aromatic N) is 1. The van der Waals surface area contributed by atoms with E-state index >= 15 is 0 Å². The number of aliphatic hydroxyl groups is 1. The van der Waals surface area contributed by atoms with Gasteiger partial charge in [0.2, 0.25) is 5.91 Å². The Labute approximate surface area is 211 Å². The maximum atomic E-state index is 12.3. The van der Waals surface area contributed by atoms with Crippen molar-refractivity contribution in [1.82, 2.24) is 4.90 Å². The quantitative estimate of drug-likeness (QED) is 0.237. The average molecular weight is 511 g/mol. The van der Waals surface area contributed by atoms with Crippen molar-refractivity contribution in [3.8, 4) is 5.75 Å². The first-order valence-corrected chi connectivity index (χ1v) is 10.5. The van der Waals surface area contributed by atoms with Gasteiger partial charge in [-0.15, -0.1) is 24.8 Å². The number of carbonyl (C=O) groups is 1. The SMILES string of the molecule is CC(=N)N1CCC(Oc2ccc(NC(=O)CNc3cc(C(=N)N)ccc3CO)cc2)CC1.Cl.Cl. The van der Waals surface area contributed by atoms with Gasteiger partial charge in [0.1, 0.15) is 17.7 Å². The van der Waals surface area contributed by atoms with Crippen molar-refractivity contribution in [3.63, 3.8) is 0 Å². The van der Waals surface area contributed by atoms with Gasteiger partial charge in [0.25, 0.3) is 0 Å². The first kappa shape index (κ1) is 29.0. The largest absolute Gasteiger partial charge is 0.490 e. The molecule has 1 aliphatic rings. The standard InChI is InChI=1S/C23H30N6O3.2ClH/c1-15(24)29-10-8-20(9-11-29)32-19-6-4-18(5-7-19)28-22(31)13-27-21-12-16(23(25)26)2-3-17(21)14-30;;/h2-7,12,20,24,27,30H,8-11,13-14H2,1H3,(H3,25,26)(H,28,31);2*1H. The van der Waals surface area contributed by atoms with Gasteiger partial charge in [-0.25, -0.2) is 0 Å². The zero-order chi connectivity index (χ0) is 23.1. The van der Waals surface area contributed by atoms with Crippen molar-refractivity contribution in [1.29, 1.82) is 10.8 Å². The number of halogens is 2. The van der Waals surface area contributed by atoms with E-state index in [2.05, 4.69) is 10.6 Å². The average Bonchev–Trinajstić information content (AvgIpc) is 2.79. The van der Waals surface area contributed by atoms with Crippen LogP contribution in [0.5, 0.6) is 5.75 Å². The molecule has 9 nitrogen and oxygen atoms in total. The molecule has 34 heavy (non-hydrogen) atoms. The highest BCUT2D eigenvalue weighted by molar-refractivity contribution is 5.97. The number of ether oxygens (including phenoxy) is 1. The molecule has 7 N–H and O–H groups in total. The Hall–Kier alpha value is -3.01. The number of anilines is 2. The van der Waals surface area contributed by atoms with E-state index in [4.69, 9.17) is 21.3 Å². The third-order valence-corrected chi connectivity index (χ3v) is 5.39. The van der Waals surface area contributed by atoms with Gasteiger partial charge < -0.3 is 31.1 Å². The third kappa shape index (κ3) is 8.09. The van der Waals surface area contributed by atoms with Crippen molar-refractivity contribution in [3.05, 3.63) is 53.6 Å². The van der Waals surface area contributed by atoms with Crippen molar-refractivity contribution in [2.45, 2.75) is 32.5 Å². The lowest BCUT2D eigenvalue weighted by atomic mass is 10.1. The van der Waals surface area contributed by atoms with Crippen LogP contribution >= 0.6 is 24.8 Å². The topological polar surface area (TPSA) is 148 Å². The van der Waals surface area contributed by atoms with E-state index < -0.39 is 0 Å². The Morgan fingerprint density at radius 1 is 1.15 bits per heavy atom. The van der Waals surface area contributed by atoms with E-state index in [1.165, 1.54) is 0 Å². The molecule has 1 amide bonds. The summed E-state index contributed by atoms with van der Waals surface area (Å²) >= 11 is 0. The first-order valence-electron chi connectivity index (χ1n) is 10.5. The van der Waals surface area contributed by atoms with Crippen molar-refractivity contribution in [2.24, 2.45) is 5.73 Å². The van der Waals surface area contributed by atoms with Gasteiger partial charge in [0, 0.05) is 48.4 Å². The fourth-order valence-electron chi connectivity index (χ4n) is 3.55. The van der Waals surface area contributed by atoms with Gasteiger partial charge in [-0.2, -0.15) is 0 Å². The lowest BCUT2D eigenvalue weighted by Gasteiger charge is -2.32. The predicted molar refractivity (Wildman–Crippen MR) is 140 cm³/mol. The number of amidine groups is 2. The molecule has 0 radical (unpaired) electrons. The molecule has 1 heterocycles. The van der Waals surface area contributed by atoms with E-state index in [-0.39, 0.29) is 55.8 Å². The molecule has 0 aromatic heterocycles. The number of likely N-dealkylation sites (tertiary alicyclic amines) is 1. The smallest absolute Gasteiger partial charge is 0.243 e. The number of piperidine rings is 1. The van der Waals surface area contributed by atoms with Crippen molar-refractivity contribution in [2.75, 3.05) is 30.3 Å². The van der Waals surface area contributed by atoms with Gasteiger partial charge in [0.05, 0.1) is 19.0 Å². The van der Waals surface area contributed by atoms with E-state index in [1.54, 1.807) is 37.3 Å². The minimum atomic E-state index is -0.245. The minimum absolute atomic E-state index is 0. The predicted octanol–water partition coefficient (Wildman–Crippen LogP) is 3.20. The number of benzene rings is 2. The van der Waals surface area contributed by atoms with Gasteiger partial charge >= 0.3 is 0 Å². The fourth-order valence-corrected chi connectivity index (χ4v) is 3.55. The number of hydrogen-bond donors (Lipinski definition) is 6. The summed E-state index contributed by atoms with van der Waals surface area (Å²) in [7, 11) is 0. The number of nitrogens with two attached hydrogens (primary N) is 1. The second kappa shape index (κ2) is 13.6. The molecule has 11 heteroatoms. The zero-order valence-electron chi connectivity index (χ0n) is 19.0. The van der Waals surface area contributed by atoms with Crippen LogP contribution in [0.1, 0.15) is 30.9 Å². The minimum Gasteiger partial charge on any atom is -0.490 e. The number of nitrogens with one attached hydrogen (secondary N) is 4. The van der Waals surface area contributed by atoms with Crippen LogP contribution in [-0.4, -0.2) is 53.3 Å². The zero-order valence-corrected chi connectivity index (χ0v) is 20.6. The van der Waals surface area contributed by atoms with Crippen LogP contribution in [-0.2, 0) is 11.4 Å². The third-order valence-electron chi connectivity index (χ3n) is 5.39. The number of rotatable bonds is 8. The molecule has 0 unspecified atom stereocenters. The lowest BCUT2D eigenvalue weighted by molar-refractivity contribution is -0.114. The summed E-state index contributed by atoms with van der Waals surface area (Å²) in [5.74, 6) is 1.02. The Kier molecular flexibility index (Phi) is 11.6. The van der Waals surface area contributed by atoms with Gasteiger partial charge in [0.15, 0.2) is 0 Å². The van der Waals surface area contributed by atoms with Crippen LogP contribution < -0.4 is 21.1 Å². The molecule has 2 aromatic rings. The van der Waals surface area contributed by atoms with Crippen LogP contribution in [0.25, 0.3) is 0 Å². The van der Waals surface area contributed by atoms with E-state index in [1.807, 2.05) is 17.0 Å². The van der Waals surface area contributed by atoms with E-state index in [9.17, 15) is 9.90 Å². The molecule has 1 aliphatic heterocycles. The Morgan fingerprint density at radius 2 is 1.79 bits per heavy atom. The Balaban J connectivity index is 0.00000289. The van der Waals surface area contributed by atoms with E-state index in [0.717, 1.165) is 31.7 Å². The van der Waals surface area contributed by atoms with Crippen LogP contribution in [0.4, 0.5) is 11.4 Å². The maximum Gasteiger partial charge on any atom is 0.243 e. The highest BCUT2D eigenvalue weighted by Gasteiger charge is 2.20. The second-order valence-electron chi connectivity index (χ2n) is 7.76. The fraction of sp³-hybridized carbons (Fsp3) is 0.348. The number of aliphatic hydroxyl groups excluding tert-OH is 1. The monoisotopic (exact) mass is 510 g/mol. The van der Waals surface area contributed by atoms with E-state index in [0.29, 0.717) is 28.3 Å². The van der Waals surface area contributed by atoms with Gasteiger partial charge in [-0.3, -0.25) is 15.6 Å². The Morgan fingerprint density at radius 3 is 2.35 bits per heavy atom. The molecule has 1 fully saturated rings. The second-order valence-corrected chi connectivity index (χ2v) is 7.76. The number of nitrogen functional groups attached to an aromatic ring is 1. The molecule has 1 saturated heterocycles. The van der Waals surface area contributed by atoms with Gasteiger partial charge in [-0.1, -0.05) is 12.1 Å². The molecule has 0 saturated carbocycles.